The number of nitrogens with zero attached hydrogens (tertiary/aromatic N) is 2. The van der Waals surface area contributed by atoms with Crippen LogP contribution in [0.15, 0.2) is 164 Å². The lowest BCUT2D eigenvalue weighted by Gasteiger charge is -2.45. The number of benzene rings is 7. The second-order valence-corrected chi connectivity index (χ2v) is 13.0. The molecule has 0 N–H and O–H groups in total. The Labute approximate surface area is 276 Å². The minimum Gasteiger partial charge on any atom is -0.338 e. The molecule has 226 valence electrons. The van der Waals surface area contributed by atoms with Gasteiger partial charge in [0, 0.05) is 45.2 Å². The maximum Gasteiger partial charge on any atom is 0.0619 e. The SMILES string of the molecule is CC1C(c2ccccc2)c2ccccc2N(c2ccc(-c3cccc(-n4c5ccccc5c5ccc6ccccc6c54)c3)cc2)C1C. The van der Waals surface area contributed by atoms with Crippen LogP contribution in [0.2, 0.25) is 0 Å². The van der Waals surface area contributed by atoms with Crippen LogP contribution < -0.4 is 4.90 Å². The molecule has 0 saturated carbocycles. The minimum atomic E-state index is 0.342. The van der Waals surface area contributed by atoms with E-state index in [2.05, 4.69) is 187 Å². The van der Waals surface area contributed by atoms with Crippen LogP contribution >= 0.6 is 0 Å². The highest BCUT2D eigenvalue weighted by Gasteiger charge is 2.37. The molecule has 7 aromatic carbocycles. The zero-order valence-electron chi connectivity index (χ0n) is 26.7. The molecule has 0 radical (unpaired) electrons. The van der Waals surface area contributed by atoms with Gasteiger partial charge >= 0.3 is 0 Å². The summed E-state index contributed by atoms with van der Waals surface area (Å²) < 4.78 is 2.45. The molecule has 0 amide bonds. The molecule has 0 bridgehead atoms. The Morgan fingerprint density at radius 3 is 2.06 bits per heavy atom. The molecule has 1 aromatic heterocycles. The van der Waals surface area contributed by atoms with E-state index in [-0.39, 0.29) is 0 Å². The molecule has 2 heteroatoms. The third-order valence-electron chi connectivity index (χ3n) is 10.5. The summed E-state index contributed by atoms with van der Waals surface area (Å²) in [6.45, 7) is 4.78. The van der Waals surface area contributed by atoms with Gasteiger partial charge in [-0.2, -0.15) is 0 Å². The van der Waals surface area contributed by atoms with Crippen LogP contribution in [0.1, 0.15) is 30.9 Å². The molecule has 0 aliphatic carbocycles. The first kappa shape index (κ1) is 27.7. The maximum absolute atomic E-state index is 2.54. The normalized spacial score (nSPS) is 17.7. The van der Waals surface area contributed by atoms with Gasteiger partial charge in [-0.05, 0) is 76.9 Å². The fourth-order valence-corrected chi connectivity index (χ4v) is 8.14. The van der Waals surface area contributed by atoms with E-state index in [9.17, 15) is 0 Å². The van der Waals surface area contributed by atoms with Gasteiger partial charge in [0.25, 0.3) is 0 Å². The number of hydrogen-bond donors (Lipinski definition) is 0. The van der Waals surface area contributed by atoms with Gasteiger partial charge in [-0.1, -0.05) is 134 Å². The fraction of sp³-hybridized carbons (Fsp3) is 0.111. The molecule has 47 heavy (non-hydrogen) atoms. The highest BCUT2D eigenvalue weighted by atomic mass is 15.2. The molecule has 2 heterocycles. The molecule has 3 unspecified atom stereocenters. The van der Waals surface area contributed by atoms with Crippen molar-refractivity contribution in [1.82, 2.24) is 4.57 Å². The van der Waals surface area contributed by atoms with Crippen molar-refractivity contribution in [3.63, 3.8) is 0 Å². The van der Waals surface area contributed by atoms with Crippen LogP contribution in [0.25, 0.3) is 49.4 Å². The van der Waals surface area contributed by atoms with Crippen LogP contribution in [-0.4, -0.2) is 10.6 Å². The van der Waals surface area contributed by atoms with E-state index < -0.39 is 0 Å². The van der Waals surface area contributed by atoms with Gasteiger partial charge in [-0.3, -0.25) is 0 Å². The van der Waals surface area contributed by atoms with Crippen molar-refractivity contribution < 1.29 is 0 Å². The van der Waals surface area contributed by atoms with E-state index in [1.54, 1.807) is 0 Å². The predicted octanol–water partition coefficient (Wildman–Crippen LogP) is 11.9. The number of fused-ring (bicyclic) bond motifs is 6. The van der Waals surface area contributed by atoms with Crippen molar-refractivity contribution >= 4 is 44.0 Å². The third kappa shape index (κ3) is 4.40. The summed E-state index contributed by atoms with van der Waals surface area (Å²) >= 11 is 0. The average molecular weight is 605 g/mol. The monoisotopic (exact) mass is 604 g/mol. The van der Waals surface area contributed by atoms with E-state index in [4.69, 9.17) is 0 Å². The van der Waals surface area contributed by atoms with Gasteiger partial charge in [0.1, 0.15) is 0 Å². The van der Waals surface area contributed by atoms with Crippen molar-refractivity contribution in [2.24, 2.45) is 5.92 Å². The fourth-order valence-electron chi connectivity index (χ4n) is 8.14. The Balaban J connectivity index is 1.12. The Morgan fingerprint density at radius 1 is 0.489 bits per heavy atom. The summed E-state index contributed by atoms with van der Waals surface area (Å²) in [5, 5.41) is 5.10. The molecule has 8 aromatic rings. The van der Waals surface area contributed by atoms with Gasteiger partial charge in [-0.15, -0.1) is 0 Å². The molecular formula is C45H36N2. The zero-order valence-corrected chi connectivity index (χ0v) is 26.7. The van der Waals surface area contributed by atoms with Crippen molar-refractivity contribution in [3.05, 3.63) is 175 Å². The first-order valence-electron chi connectivity index (χ1n) is 16.7. The van der Waals surface area contributed by atoms with E-state index in [1.807, 2.05) is 0 Å². The molecule has 0 fully saturated rings. The van der Waals surface area contributed by atoms with Gasteiger partial charge in [0.2, 0.25) is 0 Å². The summed E-state index contributed by atoms with van der Waals surface area (Å²) in [6, 6.07) is 60.5. The van der Waals surface area contributed by atoms with Gasteiger partial charge in [0.15, 0.2) is 0 Å². The number of rotatable bonds is 4. The molecule has 0 spiro atoms. The van der Waals surface area contributed by atoms with Crippen LogP contribution in [0, 0.1) is 5.92 Å². The first-order valence-corrected chi connectivity index (χ1v) is 16.7. The van der Waals surface area contributed by atoms with Crippen molar-refractivity contribution in [2.45, 2.75) is 25.8 Å². The number of hydrogen-bond acceptors (Lipinski definition) is 1. The van der Waals surface area contributed by atoms with Crippen LogP contribution in [0.4, 0.5) is 11.4 Å². The summed E-state index contributed by atoms with van der Waals surface area (Å²) in [5.74, 6) is 0.824. The number of para-hydroxylation sites is 2. The molecule has 1 aliphatic heterocycles. The quantitative estimate of drug-likeness (QED) is 0.194. The predicted molar refractivity (Wildman–Crippen MR) is 199 cm³/mol. The lowest BCUT2D eigenvalue weighted by Crippen LogP contribution is -2.41. The second kappa shape index (κ2) is 11.0. The van der Waals surface area contributed by atoms with Crippen LogP contribution in [0.5, 0.6) is 0 Å². The number of aromatic nitrogens is 1. The number of anilines is 2. The minimum absolute atomic E-state index is 0.342. The molecule has 9 rings (SSSR count). The average Bonchev–Trinajstić information content (AvgIpc) is 3.48. The van der Waals surface area contributed by atoms with Gasteiger partial charge in [0.05, 0.1) is 11.0 Å². The van der Waals surface area contributed by atoms with Crippen LogP contribution in [0.3, 0.4) is 0 Å². The Morgan fingerprint density at radius 2 is 1.21 bits per heavy atom. The highest BCUT2D eigenvalue weighted by Crippen LogP contribution is 2.48. The van der Waals surface area contributed by atoms with Crippen molar-refractivity contribution in [2.75, 3.05) is 4.90 Å². The maximum atomic E-state index is 2.54. The molecule has 3 atom stereocenters. The smallest absolute Gasteiger partial charge is 0.0619 e. The lowest BCUT2D eigenvalue weighted by molar-refractivity contribution is 0.409. The summed E-state index contributed by atoms with van der Waals surface area (Å²) in [5.41, 5.74) is 11.4. The van der Waals surface area contributed by atoms with E-state index in [0.717, 1.165) is 0 Å². The van der Waals surface area contributed by atoms with E-state index in [0.29, 0.717) is 17.9 Å². The Hall–Kier alpha value is -5.60. The molecule has 1 aliphatic rings. The second-order valence-electron chi connectivity index (χ2n) is 13.0. The van der Waals surface area contributed by atoms with Crippen LogP contribution in [-0.2, 0) is 0 Å². The summed E-state index contributed by atoms with van der Waals surface area (Å²) in [7, 11) is 0. The standard InChI is InChI=1S/C45H36N2/c1-30-31(2)46(43-22-11-9-20-41(43)44(30)34-14-4-3-5-15-34)36-26-23-32(24-27-36)35-16-12-17-37(29-35)47-42-21-10-8-19-39(42)40-28-25-33-13-6-7-18-38(33)45(40)47/h3-31,44H,1-2H3. The molecule has 2 nitrogen and oxygen atoms in total. The highest BCUT2D eigenvalue weighted by molar-refractivity contribution is 6.18. The van der Waals surface area contributed by atoms with Gasteiger partial charge < -0.3 is 9.47 Å². The summed E-state index contributed by atoms with van der Waals surface area (Å²) in [4.78, 5) is 2.54. The Bertz CT molecular complexity index is 2400. The zero-order chi connectivity index (χ0) is 31.5. The molecular weight excluding hydrogens is 569 g/mol. The summed E-state index contributed by atoms with van der Waals surface area (Å²) in [6.07, 6.45) is 0. The molecule has 0 saturated heterocycles. The first-order chi connectivity index (χ1) is 23.2. The lowest BCUT2D eigenvalue weighted by atomic mass is 9.74. The van der Waals surface area contributed by atoms with Crippen molar-refractivity contribution in [1.29, 1.82) is 0 Å². The van der Waals surface area contributed by atoms with Gasteiger partial charge in [-0.25, -0.2) is 0 Å². The Kier molecular flexibility index (Phi) is 6.50. The van der Waals surface area contributed by atoms with E-state index in [1.165, 1.54) is 71.9 Å². The van der Waals surface area contributed by atoms with Crippen molar-refractivity contribution in [3.8, 4) is 16.8 Å². The largest absolute Gasteiger partial charge is 0.338 e. The van der Waals surface area contributed by atoms with E-state index >= 15 is 0 Å². The topological polar surface area (TPSA) is 8.17 Å². The third-order valence-corrected chi connectivity index (χ3v) is 10.5.